The Labute approximate surface area is 116 Å². The lowest BCUT2D eigenvalue weighted by Gasteiger charge is -2.16. The Bertz CT molecular complexity index is 574. The number of hydrogen-bond donors (Lipinski definition) is 0. The van der Waals surface area contributed by atoms with Crippen LogP contribution in [0.3, 0.4) is 0 Å². The lowest BCUT2D eigenvalue weighted by molar-refractivity contribution is 0.243. The van der Waals surface area contributed by atoms with E-state index in [0.717, 1.165) is 12.1 Å². The Morgan fingerprint density at radius 1 is 1.44 bits per heavy atom. The highest BCUT2D eigenvalue weighted by molar-refractivity contribution is 7.71. The molecule has 2 aromatic heterocycles. The van der Waals surface area contributed by atoms with Crippen molar-refractivity contribution in [3.63, 3.8) is 0 Å². The first kappa shape index (κ1) is 13.2. The van der Waals surface area contributed by atoms with Crippen LogP contribution in [0.4, 0.5) is 0 Å². The minimum atomic E-state index is 0.508. The molecule has 0 aromatic carbocycles. The molecule has 0 saturated carbocycles. The molecule has 2 aromatic rings. The predicted molar refractivity (Wildman–Crippen MR) is 72.7 cm³/mol. The van der Waals surface area contributed by atoms with Crippen LogP contribution in [-0.4, -0.2) is 31.3 Å². The molecule has 5 nitrogen and oxygen atoms in total. The second-order valence-electron chi connectivity index (χ2n) is 4.17. The number of nitrogens with zero attached hydrogens (tertiary/aromatic N) is 5. The molecule has 0 aliphatic heterocycles. The maximum Gasteiger partial charge on any atom is 0.198 e. The third kappa shape index (κ3) is 3.16. The topological polar surface area (TPSA) is 38.9 Å². The number of pyridine rings is 1. The molecule has 0 unspecified atom stereocenters. The van der Waals surface area contributed by atoms with Gasteiger partial charge < -0.3 is 4.57 Å². The fraction of sp³-hybridized carbons (Fsp3) is 0.364. The van der Waals surface area contributed by atoms with E-state index >= 15 is 0 Å². The SMILES string of the molecule is CN(Cc1ccc(Cl)nc1)Cn1ncn(C)c1=S. The normalized spacial score (nSPS) is 11.1. The molecule has 0 aliphatic carbocycles. The number of hydrogen-bond acceptors (Lipinski definition) is 4. The van der Waals surface area contributed by atoms with E-state index in [1.165, 1.54) is 0 Å². The molecule has 0 amide bonds. The molecule has 2 rings (SSSR count). The summed E-state index contributed by atoms with van der Waals surface area (Å²) in [5.41, 5.74) is 1.10. The molecule has 2 heterocycles. The van der Waals surface area contributed by atoms with Crippen molar-refractivity contribution in [1.82, 2.24) is 24.2 Å². The molecule has 18 heavy (non-hydrogen) atoms. The zero-order valence-corrected chi connectivity index (χ0v) is 11.8. The highest BCUT2D eigenvalue weighted by atomic mass is 35.5. The molecule has 0 fully saturated rings. The van der Waals surface area contributed by atoms with Crippen molar-refractivity contribution in [3.05, 3.63) is 40.1 Å². The van der Waals surface area contributed by atoms with Crippen LogP contribution >= 0.6 is 23.8 Å². The summed E-state index contributed by atoms with van der Waals surface area (Å²) in [6.45, 7) is 1.41. The van der Waals surface area contributed by atoms with Gasteiger partial charge in [-0.15, -0.1) is 0 Å². The standard InChI is InChI=1S/C11H14ClN5S/c1-15(6-9-3-4-10(12)13-5-9)8-17-11(18)16(2)7-14-17/h3-5,7H,6,8H2,1-2H3. The Balaban J connectivity index is 2.00. The number of halogens is 1. The van der Waals surface area contributed by atoms with Gasteiger partial charge in [-0.05, 0) is 30.9 Å². The van der Waals surface area contributed by atoms with Crippen LogP contribution in [0.2, 0.25) is 5.15 Å². The first-order valence-corrected chi connectivity index (χ1v) is 6.22. The highest BCUT2D eigenvalue weighted by Crippen LogP contribution is 2.07. The van der Waals surface area contributed by atoms with Gasteiger partial charge >= 0.3 is 0 Å². The van der Waals surface area contributed by atoms with Crippen molar-refractivity contribution in [2.45, 2.75) is 13.2 Å². The lowest BCUT2D eigenvalue weighted by Crippen LogP contribution is -2.22. The largest absolute Gasteiger partial charge is 0.310 e. The monoisotopic (exact) mass is 283 g/mol. The summed E-state index contributed by atoms with van der Waals surface area (Å²) in [6, 6.07) is 3.75. The number of aromatic nitrogens is 4. The second-order valence-corrected chi connectivity index (χ2v) is 4.92. The molecule has 0 bridgehead atoms. The van der Waals surface area contributed by atoms with Gasteiger partial charge in [0.1, 0.15) is 11.5 Å². The first-order valence-electron chi connectivity index (χ1n) is 5.43. The van der Waals surface area contributed by atoms with Crippen LogP contribution < -0.4 is 0 Å². The first-order chi connectivity index (χ1) is 8.56. The van der Waals surface area contributed by atoms with Gasteiger partial charge in [-0.25, -0.2) is 9.67 Å². The van der Waals surface area contributed by atoms with E-state index in [2.05, 4.69) is 15.0 Å². The van der Waals surface area contributed by atoms with E-state index in [4.69, 9.17) is 23.8 Å². The molecular formula is C11H14ClN5S. The van der Waals surface area contributed by atoms with Gasteiger partial charge in [0.25, 0.3) is 0 Å². The maximum absolute atomic E-state index is 5.75. The minimum Gasteiger partial charge on any atom is -0.310 e. The van der Waals surface area contributed by atoms with Gasteiger partial charge in [0.15, 0.2) is 4.77 Å². The van der Waals surface area contributed by atoms with Crippen molar-refractivity contribution in [2.24, 2.45) is 7.05 Å². The van der Waals surface area contributed by atoms with Crippen LogP contribution in [0.5, 0.6) is 0 Å². The van der Waals surface area contributed by atoms with Crippen LogP contribution in [0.15, 0.2) is 24.7 Å². The van der Waals surface area contributed by atoms with Crippen molar-refractivity contribution < 1.29 is 0 Å². The molecule has 0 saturated heterocycles. The van der Waals surface area contributed by atoms with E-state index in [-0.39, 0.29) is 0 Å². The number of aryl methyl sites for hydroxylation is 1. The summed E-state index contributed by atoms with van der Waals surface area (Å²) in [5, 5.41) is 4.72. The van der Waals surface area contributed by atoms with E-state index in [1.54, 1.807) is 23.3 Å². The molecule has 0 spiro atoms. The zero-order valence-electron chi connectivity index (χ0n) is 10.2. The Hall–Kier alpha value is -1.24. The quantitative estimate of drug-likeness (QED) is 0.636. The second kappa shape index (κ2) is 5.60. The predicted octanol–water partition coefficient (Wildman–Crippen LogP) is 2.09. The van der Waals surface area contributed by atoms with Crippen molar-refractivity contribution in [2.75, 3.05) is 7.05 Å². The molecule has 0 atom stereocenters. The summed E-state index contributed by atoms with van der Waals surface area (Å²) in [5.74, 6) is 0. The fourth-order valence-corrected chi connectivity index (χ4v) is 1.87. The summed E-state index contributed by atoms with van der Waals surface area (Å²) < 4.78 is 4.29. The summed E-state index contributed by atoms with van der Waals surface area (Å²) in [6.07, 6.45) is 3.48. The molecule has 0 N–H and O–H groups in total. The van der Waals surface area contributed by atoms with Gasteiger partial charge in [-0.3, -0.25) is 4.90 Å². The molecule has 96 valence electrons. The average Bonchev–Trinajstić information content (AvgIpc) is 2.64. The molecule has 7 heteroatoms. The maximum atomic E-state index is 5.75. The third-order valence-electron chi connectivity index (χ3n) is 2.50. The van der Waals surface area contributed by atoms with Gasteiger partial charge in [0.05, 0.1) is 6.67 Å². The zero-order chi connectivity index (χ0) is 13.1. The molecular weight excluding hydrogens is 270 g/mol. The van der Waals surface area contributed by atoms with Crippen molar-refractivity contribution >= 4 is 23.8 Å². The van der Waals surface area contributed by atoms with Crippen LogP contribution in [0.1, 0.15) is 5.56 Å². The molecule has 0 aliphatic rings. The summed E-state index contributed by atoms with van der Waals surface area (Å²) in [7, 11) is 3.89. The van der Waals surface area contributed by atoms with Crippen molar-refractivity contribution in [1.29, 1.82) is 0 Å². The van der Waals surface area contributed by atoms with Crippen molar-refractivity contribution in [3.8, 4) is 0 Å². The van der Waals surface area contributed by atoms with Gasteiger partial charge in [-0.1, -0.05) is 17.7 Å². The lowest BCUT2D eigenvalue weighted by atomic mass is 10.3. The number of rotatable bonds is 4. The van der Waals surface area contributed by atoms with E-state index < -0.39 is 0 Å². The fourth-order valence-electron chi connectivity index (χ4n) is 1.61. The molecule has 0 radical (unpaired) electrons. The van der Waals surface area contributed by atoms with E-state index in [1.807, 2.05) is 24.7 Å². The highest BCUT2D eigenvalue weighted by Gasteiger charge is 2.04. The van der Waals surface area contributed by atoms with Gasteiger partial charge in [0, 0.05) is 19.8 Å². The van der Waals surface area contributed by atoms with E-state index in [0.29, 0.717) is 16.6 Å². The average molecular weight is 284 g/mol. The van der Waals surface area contributed by atoms with Gasteiger partial charge in [-0.2, -0.15) is 5.10 Å². The van der Waals surface area contributed by atoms with Crippen LogP contribution in [0, 0.1) is 4.77 Å². The summed E-state index contributed by atoms with van der Waals surface area (Å²) >= 11 is 11.0. The van der Waals surface area contributed by atoms with E-state index in [9.17, 15) is 0 Å². The third-order valence-corrected chi connectivity index (χ3v) is 3.23. The minimum absolute atomic E-state index is 0.508. The Kier molecular flexibility index (Phi) is 4.11. The summed E-state index contributed by atoms with van der Waals surface area (Å²) in [4.78, 5) is 6.16. The Morgan fingerprint density at radius 2 is 2.22 bits per heavy atom. The smallest absolute Gasteiger partial charge is 0.198 e. The Morgan fingerprint density at radius 3 is 2.78 bits per heavy atom. The van der Waals surface area contributed by atoms with Gasteiger partial charge in [0.2, 0.25) is 0 Å². The van der Waals surface area contributed by atoms with Crippen LogP contribution in [-0.2, 0) is 20.3 Å². The van der Waals surface area contributed by atoms with Crippen LogP contribution in [0.25, 0.3) is 0 Å².